The summed E-state index contributed by atoms with van der Waals surface area (Å²) in [5.41, 5.74) is 1.12. The molecule has 6 heterocycles. The lowest BCUT2D eigenvalue weighted by Crippen LogP contribution is -2.58. The highest BCUT2D eigenvalue weighted by atomic mass is 35.5. The number of hydrogen-bond acceptors (Lipinski definition) is 13. The fraction of sp³-hybridized carbons (Fsp3) is 0.278. The van der Waals surface area contributed by atoms with E-state index in [0.717, 1.165) is 35.0 Å². The first kappa shape index (κ1) is 54.0. The number of fused-ring (bicyclic) bond motifs is 2. The third-order valence-corrected chi connectivity index (χ3v) is 14.5. The van der Waals surface area contributed by atoms with Gasteiger partial charge in [-0.15, -0.1) is 5.10 Å². The molecule has 0 spiro atoms. The van der Waals surface area contributed by atoms with Gasteiger partial charge in [0.25, 0.3) is 11.8 Å². The summed E-state index contributed by atoms with van der Waals surface area (Å²) in [4.78, 5) is 70.6. The largest absolute Gasteiger partial charge is 0.418 e. The van der Waals surface area contributed by atoms with E-state index in [0.29, 0.717) is 27.9 Å². The molecule has 3 fully saturated rings. The monoisotopic (exact) mass is 1140 g/mol. The number of halogens is 7. The number of piperidine rings is 1. The number of carbonyl (C=O) groups is 5. The Kier molecular flexibility index (Phi) is 14.8. The van der Waals surface area contributed by atoms with E-state index in [2.05, 4.69) is 36.3 Å². The Bertz CT molecular complexity index is 3570. The number of benzene rings is 5. The summed E-state index contributed by atoms with van der Waals surface area (Å²) in [5, 5.41) is 20.0. The van der Waals surface area contributed by atoms with Crippen molar-refractivity contribution < 1.29 is 64.9 Å². The van der Waals surface area contributed by atoms with Crippen molar-refractivity contribution in [1.29, 1.82) is 0 Å². The molecule has 0 radical (unpaired) electrons. The van der Waals surface area contributed by atoms with Crippen molar-refractivity contribution in [3.63, 3.8) is 0 Å². The topological polar surface area (TPSA) is 223 Å². The molecule has 5 aromatic carbocycles. The van der Waals surface area contributed by atoms with E-state index in [1.165, 1.54) is 34.8 Å². The van der Waals surface area contributed by atoms with E-state index in [4.69, 9.17) is 42.1 Å². The molecule has 5 amide bonds. The van der Waals surface area contributed by atoms with Crippen LogP contribution >= 0.6 is 23.2 Å². The molecule has 0 aliphatic carbocycles. The second kappa shape index (κ2) is 21.9. The molecule has 26 heteroatoms. The van der Waals surface area contributed by atoms with Gasteiger partial charge in [0.2, 0.25) is 17.7 Å². The van der Waals surface area contributed by atoms with Crippen LogP contribution < -0.4 is 16.0 Å². The molecule has 80 heavy (non-hydrogen) atoms. The lowest BCUT2D eigenvalue weighted by Gasteiger charge is -2.49. The Morgan fingerprint density at radius 2 is 1.69 bits per heavy atom. The SMILES string of the molecule is Cc1nc([C@@H]2O[C@@H]3COC(c4ccccc4)O[C@@H]3[C@H](n3cc(-c4cc(F)c(Cl)c(F)c4)nn3)[C@H]2OCC(=O)NCc2ccc(C(=O)Nc3ccc4c(c3)CN(C3CCC(=O)NC3=O)C4=O)cc2)n(-c2cc(Cl)ccc2C(F)(F)F)n1. The third-order valence-electron chi connectivity index (χ3n) is 13.9. The van der Waals surface area contributed by atoms with Crippen molar-refractivity contribution in [3.05, 3.63) is 176 Å². The van der Waals surface area contributed by atoms with E-state index < -0.39 is 107 Å². The first-order valence-electron chi connectivity index (χ1n) is 24.8. The molecule has 4 aliphatic heterocycles. The molecular weight excluding hydrogens is 1100 g/mol. The molecule has 19 nitrogen and oxygen atoms in total. The summed E-state index contributed by atoms with van der Waals surface area (Å²) in [7, 11) is 0. The molecule has 7 aromatic rings. The van der Waals surface area contributed by atoms with Crippen LogP contribution in [0.1, 0.15) is 85.9 Å². The summed E-state index contributed by atoms with van der Waals surface area (Å²) < 4.78 is 102. The number of ether oxygens (including phenoxy) is 4. The van der Waals surface area contributed by atoms with Crippen LogP contribution in [-0.2, 0) is 52.6 Å². The fourth-order valence-electron chi connectivity index (χ4n) is 10.1. The summed E-state index contributed by atoms with van der Waals surface area (Å²) >= 11 is 12.1. The highest BCUT2D eigenvalue weighted by Crippen LogP contribution is 2.46. The number of nitrogens with one attached hydrogen (secondary N) is 3. The van der Waals surface area contributed by atoms with Gasteiger partial charge in [-0.25, -0.2) is 23.1 Å². The van der Waals surface area contributed by atoms with E-state index in [-0.39, 0.29) is 71.9 Å². The first-order valence-corrected chi connectivity index (χ1v) is 25.5. The van der Waals surface area contributed by atoms with E-state index in [9.17, 15) is 45.9 Å². The number of anilines is 1. The van der Waals surface area contributed by atoms with Crippen molar-refractivity contribution in [1.82, 2.24) is 45.3 Å². The van der Waals surface area contributed by atoms with Gasteiger partial charge in [0, 0.05) is 52.5 Å². The Balaban J connectivity index is 0.854. The molecule has 0 bridgehead atoms. The molecule has 3 N–H and O–H groups in total. The number of nitrogens with zero attached hydrogens (tertiary/aromatic N) is 7. The molecule has 11 rings (SSSR count). The highest BCUT2D eigenvalue weighted by molar-refractivity contribution is 6.31. The van der Waals surface area contributed by atoms with Crippen LogP contribution in [0.2, 0.25) is 10.0 Å². The number of rotatable bonds is 13. The van der Waals surface area contributed by atoms with Gasteiger partial charge in [-0.3, -0.25) is 29.3 Å². The van der Waals surface area contributed by atoms with Crippen LogP contribution in [0.25, 0.3) is 16.9 Å². The molecule has 412 valence electrons. The Labute approximate surface area is 460 Å². The maximum atomic E-state index is 14.8. The van der Waals surface area contributed by atoms with Gasteiger partial charge < -0.3 is 34.5 Å². The van der Waals surface area contributed by atoms with Crippen LogP contribution in [0.15, 0.2) is 109 Å². The van der Waals surface area contributed by atoms with Crippen molar-refractivity contribution in [2.24, 2.45) is 0 Å². The van der Waals surface area contributed by atoms with Gasteiger partial charge in [0.1, 0.15) is 71.3 Å². The average molecular weight is 1140 g/mol. The van der Waals surface area contributed by atoms with E-state index in [1.54, 1.807) is 60.7 Å². The highest BCUT2D eigenvalue weighted by Gasteiger charge is 2.54. The van der Waals surface area contributed by atoms with Crippen LogP contribution in [0.5, 0.6) is 0 Å². The third kappa shape index (κ3) is 10.9. The van der Waals surface area contributed by atoms with Crippen LogP contribution in [0, 0.1) is 18.6 Å². The zero-order chi connectivity index (χ0) is 56.1. The number of hydrogen-bond donors (Lipinski definition) is 3. The molecule has 7 atom stereocenters. The molecule has 3 saturated heterocycles. The lowest BCUT2D eigenvalue weighted by atomic mass is 9.90. The number of aryl methyl sites for hydroxylation is 1. The number of alkyl halides is 3. The van der Waals surface area contributed by atoms with Crippen LogP contribution in [0.4, 0.5) is 27.6 Å². The van der Waals surface area contributed by atoms with Crippen molar-refractivity contribution in [3.8, 4) is 16.9 Å². The summed E-state index contributed by atoms with van der Waals surface area (Å²) in [6, 6.07) is 22.8. The van der Waals surface area contributed by atoms with Crippen molar-refractivity contribution in [2.75, 3.05) is 18.5 Å². The standard InChI is InChI=1S/C54H43Cl2F5N10O9/c1-26-63-49(71(67-26)40-20-32(55)11-14-35(40)54(59,60)61)48-47(45(46-41(79-48)24-78-53(80-46)29-5-3-2-4-6-29)70-23-38(66-68-70)30-18-36(57)44(56)37(58)19-30)77-25-43(73)62-21-27-7-9-28(10-8-27)50(74)64-33-12-13-34-31(17-33)22-69(52(34)76)39-15-16-42(72)65-51(39)75/h2-14,17-20,23,39,41,45-48,53H,15-16,21-22,24-25H2,1H3,(H,62,73)(H,64,74)(H,65,72,75)/t39?,41-,45+,46+,47-,48-,53?/m1/s1. The number of aromatic nitrogens is 6. The summed E-state index contributed by atoms with van der Waals surface area (Å²) in [5.74, 6) is -4.78. The quantitative estimate of drug-likeness (QED) is 0.0567. The molecule has 2 unspecified atom stereocenters. The van der Waals surface area contributed by atoms with Crippen LogP contribution in [0.3, 0.4) is 0 Å². The van der Waals surface area contributed by atoms with Gasteiger partial charge in [0.15, 0.2) is 12.1 Å². The molecule has 2 aromatic heterocycles. The smallest absolute Gasteiger partial charge is 0.363 e. The number of amides is 5. The normalized spacial score (nSPS) is 21.9. The van der Waals surface area contributed by atoms with E-state index in [1.807, 2.05) is 0 Å². The average Bonchev–Trinajstić information content (AvgIpc) is 4.20. The minimum absolute atomic E-state index is 0.0199. The van der Waals surface area contributed by atoms with E-state index >= 15 is 0 Å². The van der Waals surface area contributed by atoms with Gasteiger partial charge in [-0.1, -0.05) is 70.9 Å². The number of imide groups is 1. The maximum Gasteiger partial charge on any atom is 0.418 e. The first-order chi connectivity index (χ1) is 38.4. The predicted octanol–water partition coefficient (Wildman–Crippen LogP) is 7.95. The van der Waals surface area contributed by atoms with Gasteiger partial charge in [-0.2, -0.15) is 18.3 Å². The van der Waals surface area contributed by atoms with Crippen LogP contribution in [-0.4, -0.2) is 102 Å². The Morgan fingerprint density at radius 1 is 0.925 bits per heavy atom. The van der Waals surface area contributed by atoms with Gasteiger partial charge in [-0.05, 0) is 85.1 Å². The number of carbonyl (C=O) groups excluding carboxylic acids is 5. The second-order valence-electron chi connectivity index (χ2n) is 19.2. The van der Waals surface area contributed by atoms with Gasteiger partial charge in [0.05, 0.1) is 24.1 Å². The fourth-order valence-corrected chi connectivity index (χ4v) is 10.4. The summed E-state index contributed by atoms with van der Waals surface area (Å²) in [6.07, 6.45) is -9.29. The maximum absolute atomic E-state index is 14.8. The Hall–Kier alpha value is -8.00. The molecular formula is C54H43Cl2F5N10O9. The zero-order valence-electron chi connectivity index (χ0n) is 41.6. The van der Waals surface area contributed by atoms with Crippen molar-refractivity contribution in [2.45, 2.75) is 81.8 Å². The Morgan fingerprint density at radius 3 is 2.42 bits per heavy atom. The predicted molar refractivity (Wildman–Crippen MR) is 272 cm³/mol. The minimum Gasteiger partial charge on any atom is -0.363 e. The zero-order valence-corrected chi connectivity index (χ0v) is 43.1. The molecule has 0 saturated carbocycles. The lowest BCUT2D eigenvalue weighted by molar-refractivity contribution is -0.322. The van der Waals surface area contributed by atoms with Crippen molar-refractivity contribution >= 4 is 58.4 Å². The molecule has 4 aliphatic rings. The van der Waals surface area contributed by atoms with Gasteiger partial charge >= 0.3 is 6.18 Å². The second-order valence-corrected chi connectivity index (χ2v) is 20.0. The summed E-state index contributed by atoms with van der Waals surface area (Å²) in [6.45, 7) is 0.648. The minimum atomic E-state index is -4.90.